The SMILES string of the molecule is C=Cc1c(N(C)C)ccnc1C. The zero-order chi connectivity index (χ0) is 9.14. The molecule has 2 heteroatoms. The molecule has 1 rings (SSSR count). The van der Waals surface area contributed by atoms with E-state index in [4.69, 9.17) is 0 Å². The molecule has 0 N–H and O–H groups in total. The van der Waals surface area contributed by atoms with Crippen molar-refractivity contribution in [2.24, 2.45) is 0 Å². The molecule has 0 atom stereocenters. The monoisotopic (exact) mass is 162 g/mol. The molecule has 0 saturated carbocycles. The maximum absolute atomic E-state index is 4.20. The van der Waals surface area contributed by atoms with Crippen molar-refractivity contribution in [1.82, 2.24) is 4.98 Å². The van der Waals surface area contributed by atoms with Crippen molar-refractivity contribution in [3.8, 4) is 0 Å². The number of rotatable bonds is 2. The van der Waals surface area contributed by atoms with Crippen LogP contribution in [0.4, 0.5) is 5.69 Å². The Bertz CT molecular complexity index is 290. The van der Waals surface area contributed by atoms with Gasteiger partial charge in [0.2, 0.25) is 0 Å². The van der Waals surface area contributed by atoms with Crippen LogP contribution in [0, 0.1) is 6.92 Å². The van der Waals surface area contributed by atoms with Crippen LogP contribution in [0.1, 0.15) is 11.3 Å². The smallest absolute Gasteiger partial charge is 0.0468 e. The van der Waals surface area contributed by atoms with Crippen molar-refractivity contribution >= 4 is 11.8 Å². The zero-order valence-corrected chi connectivity index (χ0v) is 7.83. The second-order valence-electron chi connectivity index (χ2n) is 2.93. The first-order chi connectivity index (χ1) is 5.66. The minimum atomic E-state index is 1.02. The van der Waals surface area contributed by atoms with Gasteiger partial charge in [0.1, 0.15) is 0 Å². The summed E-state index contributed by atoms with van der Waals surface area (Å²) < 4.78 is 0. The van der Waals surface area contributed by atoms with Gasteiger partial charge in [-0.15, -0.1) is 0 Å². The molecular weight excluding hydrogens is 148 g/mol. The van der Waals surface area contributed by atoms with E-state index < -0.39 is 0 Å². The van der Waals surface area contributed by atoms with E-state index in [1.807, 2.05) is 39.4 Å². The highest BCUT2D eigenvalue weighted by molar-refractivity contribution is 5.67. The summed E-state index contributed by atoms with van der Waals surface area (Å²) >= 11 is 0. The van der Waals surface area contributed by atoms with Gasteiger partial charge in [-0.25, -0.2) is 0 Å². The molecule has 0 aliphatic carbocycles. The van der Waals surface area contributed by atoms with Gasteiger partial charge in [-0.1, -0.05) is 12.7 Å². The summed E-state index contributed by atoms with van der Waals surface area (Å²) in [6.07, 6.45) is 3.66. The molecule has 1 aromatic rings. The summed E-state index contributed by atoms with van der Waals surface area (Å²) in [5.41, 5.74) is 3.30. The lowest BCUT2D eigenvalue weighted by Crippen LogP contribution is -2.11. The molecule has 0 aliphatic rings. The number of hydrogen-bond acceptors (Lipinski definition) is 2. The van der Waals surface area contributed by atoms with Crippen molar-refractivity contribution in [3.63, 3.8) is 0 Å². The topological polar surface area (TPSA) is 16.1 Å². The lowest BCUT2D eigenvalue weighted by atomic mass is 10.1. The second-order valence-corrected chi connectivity index (χ2v) is 2.93. The number of nitrogens with zero attached hydrogens (tertiary/aromatic N) is 2. The van der Waals surface area contributed by atoms with Crippen LogP contribution >= 0.6 is 0 Å². The second kappa shape index (κ2) is 3.39. The number of hydrogen-bond donors (Lipinski definition) is 0. The molecular formula is C10H14N2. The molecule has 0 aliphatic heterocycles. The number of aromatic nitrogens is 1. The van der Waals surface area contributed by atoms with Crippen molar-refractivity contribution in [3.05, 3.63) is 30.1 Å². The Labute approximate surface area is 73.5 Å². The van der Waals surface area contributed by atoms with E-state index in [0.717, 1.165) is 16.9 Å². The molecule has 0 radical (unpaired) electrons. The van der Waals surface area contributed by atoms with E-state index in [-0.39, 0.29) is 0 Å². The summed E-state index contributed by atoms with van der Waals surface area (Å²) in [6.45, 7) is 5.76. The van der Waals surface area contributed by atoms with Gasteiger partial charge in [0, 0.05) is 37.2 Å². The molecule has 0 bridgehead atoms. The average Bonchev–Trinajstić information content (AvgIpc) is 2.03. The first-order valence-corrected chi connectivity index (χ1v) is 3.92. The third kappa shape index (κ3) is 1.47. The van der Waals surface area contributed by atoms with Crippen molar-refractivity contribution in [1.29, 1.82) is 0 Å². The highest BCUT2D eigenvalue weighted by atomic mass is 15.1. The van der Waals surface area contributed by atoms with E-state index in [0.29, 0.717) is 0 Å². The highest BCUT2D eigenvalue weighted by Crippen LogP contribution is 2.20. The summed E-state index contributed by atoms with van der Waals surface area (Å²) in [5.74, 6) is 0. The first-order valence-electron chi connectivity index (χ1n) is 3.92. The molecule has 0 saturated heterocycles. The van der Waals surface area contributed by atoms with Gasteiger partial charge >= 0.3 is 0 Å². The van der Waals surface area contributed by atoms with E-state index in [2.05, 4.69) is 16.5 Å². The molecule has 0 unspecified atom stereocenters. The van der Waals surface area contributed by atoms with Crippen LogP contribution in [-0.4, -0.2) is 19.1 Å². The molecule has 1 aromatic heterocycles. The Kier molecular flexibility index (Phi) is 2.48. The minimum absolute atomic E-state index is 1.02. The average molecular weight is 162 g/mol. The maximum atomic E-state index is 4.20. The van der Waals surface area contributed by atoms with E-state index in [1.165, 1.54) is 0 Å². The summed E-state index contributed by atoms with van der Waals surface area (Å²) in [6, 6.07) is 1.99. The quantitative estimate of drug-likeness (QED) is 0.662. The summed E-state index contributed by atoms with van der Waals surface area (Å²) in [5, 5.41) is 0. The maximum Gasteiger partial charge on any atom is 0.0468 e. The van der Waals surface area contributed by atoms with Crippen LogP contribution in [0.25, 0.3) is 6.08 Å². The number of pyridine rings is 1. The van der Waals surface area contributed by atoms with Crippen LogP contribution in [0.3, 0.4) is 0 Å². The Morgan fingerprint density at radius 3 is 2.58 bits per heavy atom. The fourth-order valence-electron chi connectivity index (χ4n) is 1.21. The molecule has 0 aromatic carbocycles. The van der Waals surface area contributed by atoms with Gasteiger partial charge in [-0.3, -0.25) is 4.98 Å². The van der Waals surface area contributed by atoms with Gasteiger partial charge in [0.05, 0.1) is 0 Å². The Morgan fingerprint density at radius 2 is 2.17 bits per heavy atom. The van der Waals surface area contributed by atoms with Crippen LogP contribution in [-0.2, 0) is 0 Å². The van der Waals surface area contributed by atoms with Gasteiger partial charge in [0.15, 0.2) is 0 Å². The fraction of sp³-hybridized carbons (Fsp3) is 0.300. The normalized spacial score (nSPS) is 9.58. The molecule has 1 heterocycles. The number of aryl methyl sites for hydroxylation is 1. The molecule has 64 valence electrons. The lowest BCUT2D eigenvalue weighted by molar-refractivity contribution is 1.09. The Balaban J connectivity index is 3.27. The molecule has 2 nitrogen and oxygen atoms in total. The van der Waals surface area contributed by atoms with Crippen LogP contribution < -0.4 is 4.90 Å². The van der Waals surface area contributed by atoms with Crippen molar-refractivity contribution in [2.45, 2.75) is 6.92 Å². The van der Waals surface area contributed by atoms with Gasteiger partial charge in [-0.05, 0) is 13.0 Å². The van der Waals surface area contributed by atoms with Crippen LogP contribution in [0.15, 0.2) is 18.8 Å². The molecule has 0 fully saturated rings. The van der Waals surface area contributed by atoms with Crippen molar-refractivity contribution in [2.75, 3.05) is 19.0 Å². The third-order valence-electron chi connectivity index (χ3n) is 1.85. The lowest BCUT2D eigenvalue weighted by Gasteiger charge is -2.16. The van der Waals surface area contributed by atoms with E-state index in [9.17, 15) is 0 Å². The standard InChI is InChI=1S/C10H14N2/c1-5-9-8(2)11-7-6-10(9)12(3)4/h5-7H,1H2,2-4H3. The zero-order valence-electron chi connectivity index (χ0n) is 7.83. The largest absolute Gasteiger partial charge is 0.377 e. The summed E-state index contributed by atoms with van der Waals surface area (Å²) in [7, 11) is 4.03. The van der Waals surface area contributed by atoms with Crippen LogP contribution in [0.5, 0.6) is 0 Å². The predicted molar refractivity (Wildman–Crippen MR) is 53.4 cm³/mol. The highest BCUT2D eigenvalue weighted by Gasteiger charge is 2.03. The van der Waals surface area contributed by atoms with E-state index >= 15 is 0 Å². The van der Waals surface area contributed by atoms with E-state index in [1.54, 1.807) is 0 Å². The van der Waals surface area contributed by atoms with Crippen LogP contribution in [0.2, 0.25) is 0 Å². The van der Waals surface area contributed by atoms with Crippen molar-refractivity contribution < 1.29 is 0 Å². The van der Waals surface area contributed by atoms with Gasteiger partial charge in [0.25, 0.3) is 0 Å². The fourth-order valence-corrected chi connectivity index (χ4v) is 1.21. The molecule has 12 heavy (non-hydrogen) atoms. The summed E-state index contributed by atoms with van der Waals surface area (Å²) in [4.78, 5) is 6.26. The van der Waals surface area contributed by atoms with Gasteiger partial charge < -0.3 is 4.90 Å². The third-order valence-corrected chi connectivity index (χ3v) is 1.85. The minimum Gasteiger partial charge on any atom is -0.377 e. The Morgan fingerprint density at radius 1 is 1.50 bits per heavy atom. The molecule has 0 spiro atoms. The molecule has 0 amide bonds. The van der Waals surface area contributed by atoms with Gasteiger partial charge in [-0.2, -0.15) is 0 Å². The first kappa shape index (κ1) is 8.78. The Hall–Kier alpha value is -1.31. The number of anilines is 1. The predicted octanol–water partition coefficient (Wildman–Crippen LogP) is 2.10.